The number of hydrogen-bond acceptors (Lipinski definition) is 6. The van der Waals surface area contributed by atoms with E-state index in [1.54, 1.807) is 18.2 Å². The Morgan fingerprint density at radius 1 is 1.20 bits per heavy atom. The average Bonchev–Trinajstić information content (AvgIpc) is 3.23. The van der Waals surface area contributed by atoms with Crippen LogP contribution in [0, 0.1) is 15.9 Å². The van der Waals surface area contributed by atoms with Gasteiger partial charge < -0.3 is 14.8 Å². The molecule has 1 saturated carbocycles. The largest absolute Gasteiger partial charge is 0.494 e. The summed E-state index contributed by atoms with van der Waals surface area (Å²) in [6.07, 6.45) is 2.42. The molecule has 2 aromatic rings. The molecule has 0 aromatic heterocycles. The number of nitrogens with zero attached hydrogens (tertiary/aromatic N) is 1. The second-order valence-corrected chi connectivity index (χ2v) is 7.04. The maximum atomic E-state index is 14.4. The van der Waals surface area contributed by atoms with Crippen LogP contribution < -0.4 is 10.1 Å². The molecule has 3 rings (SSSR count). The highest BCUT2D eigenvalue weighted by Crippen LogP contribution is 2.43. The summed E-state index contributed by atoms with van der Waals surface area (Å²) >= 11 is 0. The van der Waals surface area contributed by atoms with Crippen LogP contribution in [0.2, 0.25) is 0 Å². The molecule has 0 bridgehead atoms. The molecule has 0 saturated heterocycles. The second-order valence-electron chi connectivity index (χ2n) is 7.04. The van der Waals surface area contributed by atoms with Crippen molar-refractivity contribution in [2.45, 2.75) is 31.1 Å². The highest BCUT2D eigenvalue weighted by molar-refractivity contribution is 5.95. The molecule has 0 atom stereocenters. The Hall–Kier alpha value is -3.49. The number of carbonyl (C=O) groups excluding carboxylic acids is 2. The van der Waals surface area contributed by atoms with E-state index in [-0.39, 0.29) is 22.7 Å². The molecule has 1 N–H and O–H groups in total. The minimum Gasteiger partial charge on any atom is -0.494 e. The van der Waals surface area contributed by atoms with Gasteiger partial charge >= 0.3 is 5.97 Å². The van der Waals surface area contributed by atoms with Crippen LogP contribution in [0.25, 0.3) is 0 Å². The van der Waals surface area contributed by atoms with Crippen LogP contribution in [-0.4, -0.2) is 30.5 Å². The van der Waals surface area contributed by atoms with Crippen LogP contribution in [0.1, 0.15) is 31.2 Å². The molecule has 30 heavy (non-hydrogen) atoms. The van der Waals surface area contributed by atoms with E-state index in [4.69, 9.17) is 9.47 Å². The molecule has 2 aromatic carbocycles. The Bertz CT molecular complexity index is 972. The Kier molecular flexibility index (Phi) is 6.29. The van der Waals surface area contributed by atoms with Crippen LogP contribution in [0.5, 0.6) is 5.75 Å². The number of hydrogen-bond donors (Lipinski definition) is 1. The lowest BCUT2D eigenvalue weighted by molar-refractivity contribution is -0.384. The van der Waals surface area contributed by atoms with E-state index in [0.29, 0.717) is 12.8 Å². The van der Waals surface area contributed by atoms with E-state index in [9.17, 15) is 24.1 Å². The number of anilines is 1. The Morgan fingerprint density at radius 2 is 1.90 bits per heavy atom. The third-order valence-corrected chi connectivity index (χ3v) is 5.24. The van der Waals surface area contributed by atoms with Gasteiger partial charge in [0.1, 0.15) is 11.6 Å². The molecule has 1 aliphatic rings. The van der Waals surface area contributed by atoms with Crippen LogP contribution in [-0.2, 0) is 19.7 Å². The topological polar surface area (TPSA) is 108 Å². The third kappa shape index (κ3) is 4.24. The van der Waals surface area contributed by atoms with Gasteiger partial charge in [-0.2, -0.15) is 0 Å². The number of nitro benzene ring substituents is 1. The number of rotatable bonds is 7. The summed E-state index contributed by atoms with van der Waals surface area (Å²) in [4.78, 5) is 35.4. The zero-order chi connectivity index (χ0) is 21.7. The number of carbonyl (C=O) groups is 2. The number of nitrogens with one attached hydrogen (secondary N) is 1. The first-order valence-electron chi connectivity index (χ1n) is 9.42. The lowest BCUT2D eigenvalue weighted by Crippen LogP contribution is -2.37. The van der Waals surface area contributed by atoms with Crippen molar-refractivity contribution < 1.29 is 28.4 Å². The first-order valence-corrected chi connectivity index (χ1v) is 9.42. The summed E-state index contributed by atoms with van der Waals surface area (Å²) in [6.45, 7) is -0.574. The maximum absolute atomic E-state index is 14.4. The van der Waals surface area contributed by atoms with Gasteiger partial charge in [0.2, 0.25) is 0 Å². The Balaban J connectivity index is 1.69. The fourth-order valence-corrected chi connectivity index (χ4v) is 3.76. The van der Waals surface area contributed by atoms with E-state index in [0.717, 1.165) is 12.8 Å². The first-order chi connectivity index (χ1) is 14.4. The van der Waals surface area contributed by atoms with E-state index >= 15 is 0 Å². The normalized spacial score (nSPS) is 14.7. The minimum absolute atomic E-state index is 0.0995. The molecule has 0 spiro atoms. The van der Waals surface area contributed by atoms with Crippen molar-refractivity contribution in [3.8, 4) is 5.75 Å². The quantitative estimate of drug-likeness (QED) is 0.419. The van der Waals surface area contributed by atoms with Crippen LogP contribution in [0.3, 0.4) is 0 Å². The summed E-state index contributed by atoms with van der Waals surface area (Å²) in [5.41, 5.74) is -0.806. The fraction of sp³-hybridized carbons (Fsp3) is 0.333. The van der Waals surface area contributed by atoms with Gasteiger partial charge in [0, 0.05) is 11.6 Å². The average molecular weight is 416 g/mol. The molecule has 9 heteroatoms. The second kappa shape index (κ2) is 8.89. The van der Waals surface area contributed by atoms with E-state index in [1.807, 2.05) is 0 Å². The number of amides is 1. The molecule has 1 amide bonds. The molecular formula is C21H21FN2O6. The van der Waals surface area contributed by atoms with Gasteiger partial charge in [0.25, 0.3) is 11.6 Å². The first kappa shape index (κ1) is 21.2. The zero-order valence-electron chi connectivity index (χ0n) is 16.4. The van der Waals surface area contributed by atoms with Gasteiger partial charge in [0.15, 0.2) is 6.61 Å². The van der Waals surface area contributed by atoms with Crippen molar-refractivity contribution in [1.29, 1.82) is 0 Å². The molecule has 0 unspecified atom stereocenters. The number of methoxy groups -OCH3 is 1. The summed E-state index contributed by atoms with van der Waals surface area (Å²) in [5, 5.41) is 13.4. The smallest absolute Gasteiger partial charge is 0.317 e. The van der Waals surface area contributed by atoms with Gasteiger partial charge in [-0.1, -0.05) is 31.0 Å². The number of halogens is 1. The van der Waals surface area contributed by atoms with Gasteiger partial charge in [-0.05, 0) is 25.0 Å². The number of esters is 1. The predicted molar refractivity (Wildman–Crippen MR) is 106 cm³/mol. The summed E-state index contributed by atoms with van der Waals surface area (Å²) < 4.78 is 24.7. The van der Waals surface area contributed by atoms with E-state index in [1.165, 1.54) is 31.4 Å². The monoisotopic (exact) mass is 416 g/mol. The van der Waals surface area contributed by atoms with Gasteiger partial charge in [-0.25, -0.2) is 4.39 Å². The predicted octanol–water partition coefficient (Wildman–Crippen LogP) is 3.74. The summed E-state index contributed by atoms with van der Waals surface area (Å²) in [6, 6.07) is 9.81. The minimum atomic E-state index is -1.10. The number of non-ortho nitro benzene ring substituents is 1. The van der Waals surface area contributed by atoms with Crippen molar-refractivity contribution in [1.82, 2.24) is 0 Å². The van der Waals surface area contributed by atoms with Crippen molar-refractivity contribution in [2.24, 2.45) is 0 Å². The number of nitro groups is 1. The lowest BCUT2D eigenvalue weighted by Gasteiger charge is -2.27. The SMILES string of the molecule is COc1cc([N+](=O)[O-])ccc1NC(=O)COC(=O)C1(c2ccccc2F)CCCC1. The van der Waals surface area contributed by atoms with E-state index < -0.39 is 34.6 Å². The van der Waals surface area contributed by atoms with Crippen LogP contribution >= 0.6 is 0 Å². The molecule has 0 aliphatic heterocycles. The number of benzene rings is 2. The fourth-order valence-electron chi connectivity index (χ4n) is 3.76. The molecular weight excluding hydrogens is 395 g/mol. The standard InChI is InChI=1S/C21H21FN2O6/c1-29-18-12-14(24(27)28)8-9-17(18)23-19(25)13-30-20(26)21(10-4-5-11-21)15-6-2-3-7-16(15)22/h2-3,6-9,12H,4-5,10-11,13H2,1H3,(H,23,25). The number of ether oxygens (including phenoxy) is 2. The Morgan fingerprint density at radius 3 is 2.53 bits per heavy atom. The molecule has 8 nitrogen and oxygen atoms in total. The van der Waals surface area contributed by atoms with Crippen molar-refractivity contribution in [2.75, 3.05) is 19.0 Å². The van der Waals surface area contributed by atoms with Gasteiger partial charge in [0.05, 0.1) is 29.2 Å². The zero-order valence-corrected chi connectivity index (χ0v) is 16.4. The van der Waals surface area contributed by atoms with Crippen molar-refractivity contribution in [3.05, 3.63) is 64.0 Å². The van der Waals surface area contributed by atoms with E-state index in [2.05, 4.69) is 5.32 Å². The van der Waals surface area contributed by atoms with Crippen LogP contribution in [0.15, 0.2) is 42.5 Å². The molecule has 0 radical (unpaired) electrons. The highest BCUT2D eigenvalue weighted by Gasteiger charge is 2.45. The highest BCUT2D eigenvalue weighted by atomic mass is 19.1. The molecule has 0 heterocycles. The van der Waals surface area contributed by atoms with Gasteiger partial charge in [-0.15, -0.1) is 0 Å². The van der Waals surface area contributed by atoms with Gasteiger partial charge in [-0.3, -0.25) is 19.7 Å². The third-order valence-electron chi connectivity index (χ3n) is 5.24. The van der Waals surface area contributed by atoms with Crippen molar-refractivity contribution in [3.63, 3.8) is 0 Å². The molecule has 1 aliphatic carbocycles. The lowest BCUT2D eigenvalue weighted by atomic mass is 9.78. The Labute approximate surface area is 172 Å². The van der Waals surface area contributed by atoms with Crippen LogP contribution in [0.4, 0.5) is 15.8 Å². The summed E-state index contributed by atoms with van der Waals surface area (Å²) in [7, 11) is 1.31. The summed E-state index contributed by atoms with van der Waals surface area (Å²) in [5.74, 6) is -1.66. The molecule has 158 valence electrons. The maximum Gasteiger partial charge on any atom is 0.317 e. The molecule has 1 fully saturated rings. The van der Waals surface area contributed by atoms with Crippen molar-refractivity contribution >= 4 is 23.3 Å².